The molecule has 0 aromatic heterocycles. The molecule has 0 saturated carbocycles. The monoisotopic (exact) mass is 677 g/mol. The molecule has 0 aliphatic rings. The van der Waals surface area contributed by atoms with Crippen LogP contribution in [0.1, 0.15) is 97.0 Å². The van der Waals surface area contributed by atoms with Gasteiger partial charge in [-0.2, -0.15) is 0 Å². The number of carbonyl (C=O) groups is 6. The summed E-state index contributed by atoms with van der Waals surface area (Å²) in [5.74, 6) is -2.84. The van der Waals surface area contributed by atoms with E-state index in [1.54, 1.807) is 39.8 Å². The second-order valence-electron chi connectivity index (χ2n) is 13.0. The predicted octanol–water partition coefficient (Wildman–Crippen LogP) is 2.75. The normalized spacial score (nSPS) is 12.6. The minimum absolute atomic E-state index is 0.0103. The second kappa shape index (κ2) is 21.0. The minimum Gasteiger partial charge on any atom is -0.481 e. The highest BCUT2D eigenvalue weighted by atomic mass is 16.5. The largest absolute Gasteiger partial charge is 0.481 e. The van der Waals surface area contributed by atoms with Crippen molar-refractivity contribution in [3.8, 4) is 0 Å². The zero-order chi connectivity index (χ0) is 36.4. The van der Waals surface area contributed by atoms with Gasteiger partial charge in [-0.3, -0.25) is 28.8 Å². The van der Waals surface area contributed by atoms with Gasteiger partial charge in [-0.25, -0.2) is 0 Å². The molecule has 1 aromatic rings. The molecule has 1 rings (SSSR count). The number of rotatable bonds is 22. The van der Waals surface area contributed by atoms with Crippen LogP contribution < -0.4 is 26.6 Å². The Kier molecular flexibility index (Phi) is 18.4. The number of carboxylic acids is 1. The van der Waals surface area contributed by atoms with Gasteiger partial charge in [0.2, 0.25) is 17.7 Å². The summed E-state index contributed by atoms with van der Waals surface area (Å²) in [5, 5.41) is 22.9. The van der Waals surface area contributed by atoms with E-state index < -0.39 is 35.2 Å². The van der Waals surface area contributed by atoms with Crippen LogP contribution in [0, 0.1) is 11.3 Å². The van der Waals surface area contributed by atoms with Crippen LogP contribution in [0.4, 0.5) is 5.69 Å². The molecule has 2 atom stereocenters. The number of anilines is 1. The number of amides is 4. The van der Waals surface area contributed by atoms with Crippen molar-refractivity contribution < 1.29 is 43.3 Å². The van der Waals surface area contributed by atoms with E-state index >= 15 is 0 Å². The second-order valence-corrected chi connectivity index (χ2v) is 13.0. The molecule has 0 aliphatic carbocycles. The SMILES string of the molecule is CCC(=O)OCc1ccc(NC(=O)CNC(=O)C(NC(C)C)C(C)C)cc1C(=O)NCCNC(=O)C(C)(C)CCOC(C)CCC(=O)O. The zero-order valence-corrected chi connectivity index (χ0v) is 29.6. The average Bonchev–Trinajstić information content (AvgIpc) is 3.01. The van der Waals surface area contributed by atoms with Gasteiger partial charge in [0.1, 0.15) is 6.61 Å². The third kappa shape index (κ3) is 16.2. The Morgan fingerprint density at radius 1 is 0.938 bits per heavy atom. The molecule has 0 heterocycles. The number of hydrogen-bond donors (Lipinski definition) is 6. The lowest BCUT2D eigenvalue weighted by Crippen LogP contribution is -2.51. The van der Waals surface area contributed by atoms with Gasteiger partial charge in [-0.15, -0.1) is 0 Å². The van der Waals surface area contributed by atoms with Gasteiger partial charge in [-0.05, 0) is 37.8 Å². The molecule has 4 amide bonds. The van der Waals surface area contributed by atoms with Gasteiger partial charge in [0.05, 0.1) is 18.7 Å². The Labute approximate surface area is 283 Å². The number of benzene rings is 1. The summed E-state index contributed by atoms with van der Waals surface area (Å²) < 4.78 is 10.9. The lowest BCUT2D eigenvalue weighted by atomic mass is 9.88. The highest BCUT2D eigenvalue weighted by Crippen LogP contribution is 2.21. The van der Waals surface area contributed by atoms with Crippen LogP contribution in [-0.2, 0) is 40.1 Å². The summed E-state index contributed by atoms with van der Waals surface area (Å²) >= 11 is 0. The fourth-order valence-corrected chi connectivity index (χ4v) is 4.39. The van der Waals surface area contributed by atoms with E-state index in [1.165, 1.54) is 6.07 Å². The summed E-state index contributed by atoms with van der Waals surface area (Å²) in [6, 6.07) is 4.22. The van der Waals surface area contributed by atoms with E-state index in [4.69, 9.17) is 14.6 Å². The van der Waals surface area contributed by atoms with Gasteiger partial charge in [0, 0.05) is 60.8 Å². The van der Waals surface area contributed by atoms with Gasteiger partial charge in [0.15, 0.2) is 0 Å². The van der Waals surface area contributed by atoms with E-state index in [0.29, 0.717) is 24.1 Å². The van der Waals surface area contributed by atoms with Crippen LogP contribution in [0.5, 0.6) is 0 Å². The molecule has 6 N–H and O–H groups in total. The molecule has 270 valence electrons. The molecular weight excluding hydrogens is 622 g/mol. The van der Waals surface area contributed by atoms with E-state index in [0.717, 1.165) is 0 Å². The highest BCUT2D eigenvalue weighted by Gasteiger charge is 2.27. The molecule has 48 heavy (non-hydrogen) atoms. The van der Waals surface area contributed by atoms with Crippen molar-refractivity contribution >= 4 is 41.3 Å². The number of carbonyl (C=O) groups excluding carboxylic acids is 5. The lowest BCUT2D eigenvalue weighted by Gasteiger charge is -2.24. The van der Waals surface area contributed by atoms with E-state index in [2.05, 4.69) is 26.6 Å². The predicted molar refractivity (Wildman–Crippen MR) is 181 cm³/mol. The summed E-state index contributed by atoms with van der Waals surface area (Å²) in [4.78, 5) is 73.8. The van der Waals surface area contributed by atoms with Crippen LogP contribution >= 0.6 is 0 Å². The van der Waals surface area contributed by atoms with E-state index in [-0.39, 0.29) is 81.1 Å². The van der Waals surface area contributed by atoms with Crippen LogP contribution in [0.25, 0.3) is 0 Å². The fourth-order valence-electron chi connectivity index (χ4n) is 4.39. The fraction of sp³-hybridized carbons (Fsp3) is 0.647. The third-order valence-corrected chi connectivity index (χ3v) is 7.41. The van der Waals surface area contributed by atoms with E-state index in [9.17, 15) is 28.8 Å². The first-order chi connectivity index (χ1) is 22.5. The molecule has 0 spiro atoms. The molecule has 0 aliphatic heterocycles. The van der Waals surface area contributed by atoms with Gasteiger partial charge in [-0.1, -0.05) is 54.5 Å². The Morgan fingerprint density at radius 3 is 2.21 bits per heavy atom. The van der Waals surface area contributed by atoms with Crippen molar-refractivity contribution in [1.82, 2.24) is 21.3 Å². The Hall–Kier alpha value is -4.04. The quantitative estimate of drug-likeness (QED) is 0.0783. The first kappa shape index (κ1) is 42.0. The van der Waals surface area contributed by atoms with Crippen LogP contribution in [0.3, 0.4) is 0 Å². The summed E-state index contributed by atoms with van der Waals surface area (Å²) in [5.41, 5.74) is 0.130. The maximum atomic E-state index is 13.2. The summed E-state index contributed by atoms with van der Waals surface area (Å²) in [7, 11) is 0. The number of ether oxygens (including phenoxy) is 2. The number of carboxylic acid groups (broad SMARTS) is 1. The highest BCUT2D eigenvalue weighted by molar-refractivity contribution is 5.99. The molecule has 0 fully saturated rings. The number of aliphatic carboxylic acids is 1. The van der Waals surface area contributed by atoms with Crippen molar-refractivity contribution in [2.45, 2.75) is 106 Å². The summed E-state index contributed by atoms with van der Waals surface area (Å²) in [6.07, 6.45) is 0.729. The van der Waals surface area contributed by atoms with Gasteiger partial charge >= 0.3 is 11.9 Å². The molecule has 0 radical (unpaired) electrons. The van der Waals surface area contributed by atoms with Crippen molar-refractivity contribution in [2.24, 2.45) is 11.3 Å². The topological polar surface area (TPSA) is 201 Å². The van der Waals surface area contributed by atoms with Crippen molar-refractivity contribution in [2.75, 3.05) is 31.6 Å². The maximum Gasteiger partial charge on any atom is 0.305 e. The van der Waals surface area contributed by atoms with Gasteiger partial charge in [0.25, 0.3) is 5.91 Å². The van der Waals surface area contributed by atoms with Gasteiger partial charge < -0.3 is 41.2 Å². The third-order valence-electron chi connectivity index (χ3n) is 7.41. The Morgan fingerprint density at radius 2 is 1.60 bits per heavy atom. The summed E-state index contributed by atoms with van der Waals surface area (Å²) in [6.45, 7) is 14.8. The first-order valence-corrected chi connectivity index (χ1v) is 16.5. The molecule has 14 nitrogen and oxygen atoms in total. The van der Waals surface area contributed by atoms with Crippen LogP contribution in [-0.4, -0.2) is 85.1 Å². The molecule has 0 bridgehead atoms. The molecular formula is C34H55N5O9. The van der Waals surface area contributed by atoms with Crippen molar-refractivity contribution in [3.63, 3.8) is 0 Å². The minimum atomic E-state index is -0.889. The average molecular weight is 678 g/mol. The Bertz CT molecular complexity index is 1250. The lowest BCUT2D eigenvalue weighted by molar-refractivity contribution is -0.144. The number of hydrogen-bond acceptors (Lipinski definition) is 9. The Balaban J connectivity index is 2.80. The smallest absolute Gasteiger partial charge is 0.305 e. The molecule has 1 aromatic carbocycles. The zero-order valence-electron chi connectivity index (χ0n) is 29.6. The number of nitrogens with one attached hydrogen (secondary N) is 5. The number of esters is 1. The molecule has 14 heteroatoms. The standard InChI is InChI=1S/C34H55N5O9/c1-9-29(43)48-20-24-11-12-25(39-27(40)19-37-32(45)30(21(2)3)38-22(4)5)18-26(24)31(44)35-15-16-36-33(46)34(7,8)14-17-47-23(6)10-13-28(41)42/h11-12,18,21-23,30,38H,9-10,13-17,19-20H2,1-8H3,(H,35,44)(H,36,46)(H,37,45)(H,39,40)(H,41,42). The molecule has 0 saturated heterocycles. The molecule has 2 unspecified atom stereocenters. The van der Waals surface area contributed by atoms with E-state index in [1.807, 2.05) is 27.7 Å². The first-order valence-electron chi connectivity index (χ1n) is 16.5. The van der Waals surface area contributed by atoms with Crippen molar-refractivity contribution in [1.29, 1.82) is 0 Å². The van der Waals surface area contributed by atoms with Crippen molar-refractivity contribution in [3.05, 3.63) is 29.3 Å². The maximum absolute atomic E-state index is 13.2. The van der Waals surface area contributed by atoms with Crippen LogP contribution in [0.15, 0.2) is 18.2 Å². The van der Waals surface area contributed by atoms with Crippen LogP contribution in [0.2, 0.25) is 0 Å².